The Labute approximate surface area is 172 Å². The van der Waals surface area contributed by atoms with Crippen molar-refractivity contribution in [2.75, 3.05) is 11.1 Å². The van der Waals surface area contributed by atoms with Crippen molar-refractivity contribution in [3.05, 3.63) is 36.5 Å². The monoisotopic (exact) mass is 407 g/mol. The number of nitrogens with zero attached hydrogens (tertiary/aromatic N) is 5. The Hall–Kier alpha value is -3.95. The Kier molecular flexibility index (Phi) is 5.29. The second kappa shape index (κ2) is 8.19. The minimum Gasteiger partial charge on any atom is -0.439 e. The molecule has 3 heterocycles. The van der Waals surface area contributed by atoms with E-state index in [1.165, 1.54) is 0 Å². The fourth-order valence-electron chi connectivity index (χ4n) is 3.13. The smallest absolute Gasteiger partial charge is 0.224 e. The molecular weight excluding hydrogens is 386 g/mol. The van der Waals surface area contributed by atoms with Gasteiger partial charge in [-0.1, -0.05) is 13.0 Å². The van der Waals surface area contributed by atoms with Crippen LogP contribution in [0.3, 0.4) is 0 Å². The molecule has 0 unspecified atom stereocenters. The molecule has 3 N–H and O–H groups in total. The zero-order chi connectivity index (χ0) is 21.1. The molecule has 0 fully saturated rings. The lowest BCUT2D eigenvalue weighted by Crippen LogP contribution is -2.10. The number of nitrogens with two attached hydrogens (primary N) is 1. The predicted octanol–water partition coefficient (Wildman–Crippen LogP) is 3.61. The molecule has 154 valence electrons. The predicted molar refractivity (Wildman–Crippen MR) is 111 cm³/mol. The molecule has 10 nitrogen and oxygen atoms in total. The number of hydrogen-bond donors (Lipinski definition) is 2. The number of nitrogen functional groups attached to an aromatic ring is 1. The molecule has 3 aromatic heterocycles. The summed E-state index contributed by atoms with van der Waals surface area (Å²) in [4.78, 5) is 20.7. The van der Waals surface area contributed by atoms with Crippen LogP contribution in [0.1, 0.15) is 26.7 Å². The summed E-state index contributed by atoms with van der Waals surface area (Å²) in [7, 11) is 0. The largest absolute Gasteiger partial charge is 0.439 e. The highest BCUT2D eigenvalue weighted by molar-refractivity contribution is 5.90. The van der Waals surface area contributed by atoms with E-state index >= 15 is 0 Å². The van der Waals surface area contributed by atoms with Gasteiger partial charge >= 0.3 is 0 Å². The maximum absolute atomic E-state index is 11.8. The molecule has 0 spiro atoms. The summed E-state index contributed by atoms with van der Waals surface area (Å²) in [6.45, 7) is 4.57. The van der Waals surface area contributed by atoms with E-state index in [0.717, 1.165) is 11.9 Å². The van der Waals surface area contributed by atoms with Gasteiger partial charge in [0.1, 0.15) is 11.3 Å². The number of carbonyl (C=O) groups is 1. The van der Waals surface area contributed by atoms with E-state index in [0.29, 0.717) is 47.3 Å². The van der Waals surface area contributed by atoms with Crippen molar-refractivity contribution in [3.63, 3.8) is 0 Å². The van der Waals surface area contributed by atoms with Gasteiger partial charge in [-0.15, -0.1) is 0 Å². The van der Waals surface area contributed by atoms with E-state index in [1.54, 1.807) is 24.4 Å². The highest BCUT2D eigenvalue weighted by Gasteiger charge is 2.19. The van der Waals surface area contributed by atoms with Crippen LogP contribution in [0.4, 0.5) is 11.5 Å². The molecule has 1 amide bonds. The quantitative estimate of drug-likeness (QED) is 0.474. The summed E-state index contributed by atoms with van der Waals surface area (Å²) in [5.74, 6) is 1.64. The number of hydrogen-bond acceptors (Lipinski definition) is 8. The molecule has 0 bridgehead atoms. The number of ether oxygens (including phenoxy) is 1. The molecule has 0 aliphatic carbocycles. The van der Waals surface area contributed by atoms with Crippen molar-refractivity contribution in [3.8, 4) is 23.1 Å². The van der Waals surface area contributed by atoms with Crippen molar-refractivity contribution in [1.29, 1.82) is 0 Å². The summed E-state index contributed by atoms with van der Waals surface area (Å²) in [5.41, 5.74) is 8.36. The Morgan fingerprint density at radius 1 is 1.27 bits per heavy atom. The second-order valence-electron chi connectivity index (χ2n) is 6.62. The lowest BCUT2D eigenvalue weighted by atomic mass is 10.2. The third-order valence-corrected chi connectivity index (χ3v) is 4.47. The first-order valence-corrected chi connectivity index (χ1v) is 9.61. The number of aryl methyl sites for hydroxylation is 1. The minimum atomic E-state index is -0.0322. The van der Waals surface area contributed by atoms with Crippen molar-refractivity contribution >= 4 is 28.4 Å². The van der Waals surface area contributed by atoms with Crippen molar-refractivity contribution < 1.29 is 14.2 Å². The summed E-state index contributed by atoms with van der Waals surface area (Å²) < 4.78 is 12.6. The molecule has 10 heteroatoms. The molecule has 0 aliphatic heterocycles. The Bertz CT molecular complexity index is 1200. The van der Waals surface area contributed by atoms with Gasteiger partial charge in [-0.2, -0.15) is 0 Å². The zero-order valence-electron chi connectivity index (χ0n) is 16.6. The molecule has 4 rings (SSSR count). The van der Waals surface area contributed by atoms with E-state index in [1.807, 2.05) is 30.5 Å². The number of aromatic nitrogens is 5. The standard InChI is InChI=1S/C20H21N7O3/c1-3-6-16(28)23-12-7-5-8-13(9-12)29-17-10-15-14(11-22-17)24-20(27(15)4-2)18-19(21)26-30-25-18/h5,7-11H,3-4,6H2,1-2H3,(H2,21,26)(H,23,28). The Balaban J connectivity index is 1.63. The lowest BCUT2D eigenvalue weighted by molar-refractivity contribution is -0.116. The summed E-state index contributed by atoms with van der Waals surface area (Å²) >= 11 is 0. The van der Waals surface area contributed by atoms with Gasteiger partial charge in [-0.3, -0.25) is 4.79 Å². The minimum absolute atomic E-state index is 0.0322. The normalized spacial score (nSPS) is 11.0. The van der Waals surface area contributed by atoms with Gasteiger partial charge in [-0.05, 0) is 35.8 Å². The lowest BCUT2D eigenvalue weighted by Gasteiger charge is -2.09. The maximum Gasteiger partial charge on any atom is 0.224 e. The molecular formula is C20H21N7O3. The fraction of sp³-hybridized carbons (Fsp3) is 0.250. The fourth-order valence-corrected chi connectivity index (χ4v) is 3.13. The average molecular weight is 407 g/mol. The molecule has 30 heavy (non-hydrogen) atoms. The first-order chi connectivity index (χ1) is 14.6. The number of carbonyl (C=O) groups excluding carboxylic acids is 1. The van der Waals surface area contributed by atoms with Gasteiger partial charge in [0.2, 0.25) is 11.8 Å². The molecule has 0 saturated carbocycles. The number of imidazole rings is 1. The first-order valence-electron chi connectivity index (χ1n) is 9.61. The molecule has 4 aromatic rings. The number of fused-ring (bicyclic) bond motifs is 1. The van der Waals surface area contributed by atoms with Gasteiger partial charge in [0.05, 0.1) is 11.7 Å². The molecule has 1 aromatic carbocycles. The number of anilines is 2. The van der Waals surface area contributed by atoms with Crippen molar-refractivity contribution in [2.24, 2.45) is 0 Å². The highest BCUT2D eigenvalue weighted by atomic mass is 16.6. The van der Waals surface area contributed by atoms with Crippen LogP contribution in [0, 0.1) is 0 Å². The number of benzene rings is 1. The zero-order valence-corrected chi connectivity index (χ0v) is 16.6. The second-order valence-corrected chi connectivity index (χ2v) is 6.62. The van der Waals surface area contributed by atoms with Crippen LogP contribution in [0.5, 0.6) is 11.6 Å². The van der Waals surface area contributed by atoms with Gasteiger partial charge in [-0.25, -0.2) is 14.6 Å². The number of pyridine rings is 1. The third-order valence-electron chi connectivity index (χ3n) is 4.47. The van der Waals surface area contributed by atoms with Crippen LogP contribution in [-0.2, 0) is 11.3 Å². The van der Waals surface area contributed by atoms with Crippen LogP contribution < -0.4 is 15.8 Å². The SMILES string of the molecule is CCCC(=O)Nc1cccc(Oc2cc3c(cn2)nc(-c2nonc2N)n3CC)c1. The van der Waals surface area contributed by atoms with E-state index < -0.39 is 0 Å². The van der Waals surface area contributed by atoms with Crippen LogP contribution in [-0.4, -0.2) is 30.8 Å². The maximum atomic E-state index is 11.8. The van der Waals surface area contributed by atoms with Gasteiger partial charge in [0, 0.05) is 30.8 Å². The van der Waals surface area contributed by atoms with E-state index in [9.17, 15) is 4.79 Å². The van der Waals surface area contributed by atoms with Crippen LogP contribution in [0.2, 0.25) is 0 Å². The Morgan fingerprint density at radius 3 is 2.87 bits per heavy atom. The van der Waals surface area contributed by atoms with E-state index in [2.05, 4.69) is 25.6 Å². The molecule has 0 aliphatic rings. The first kappa shape index (κ1) is 19.4. The number of nitrogens with one attached hydrogen (secondary N) is 1. The van der Waals surface area contributed by atoms with E-state index in [4.69, 9.17) is 15.1 Å². The van der Waals surface area contributed by atoms with Gasteiger partial charge in [0.15, 0.2) is 17.3 Å². The average Bonchev–Trinajstić information content (AvgIpc) is 3.30. The third kappa shape index (κ3) is 3.79. The van der Waals surface area contributed by atoms with Crippen molar-refractivity contribution in [2.45, 2.75) is 33.2 Å². The van der Waals surface area contributed by atoms with E-state index in [-0.39, 0.29) is 11.7 Å². The highest BCUT2D eigenvalue weighted by Crippen LogP contribution is 2.29. The number of rotatable bonds is 7. The molecule has 0 saturated heterocycles. The number of amides is 1. The Morgan fingerprint density at radius 2 is 2.13 bits per heavy atom. The van der Waals surface area contributed by atoms with Crippen LogP contribution in [0.25, 0.3) is 22.6 Å². The van der Waals surface area contributed by atoms with Gasteiger partial charge < -0.3 is 20.4 Å². The van der Waals surface area contributed by atoms with Crippen LogP contribution in [0.15, 0.2) is 41.2 Å². The van der Waals surface area contributed by atoms with Crippen LogP contribution >= 0.6 is 0 Å². The molecule has 0 atom stereocenters. The summed E-state index contributed by atoms with van der Waals surface area (Å²) in [6.07, 6.45) is 2.88. The summed E-state index contributed by atoms with van der Waals surface area (Å²) in [5, 5.41) is 10.3. The topological polar surface area (TPSA) is 134 Å². The molecule has 0 radical (unpaired) electrons. The van der Waals surface area contributed by atoms with Crippen molar-refractivity contribution in [1.82, 2.24) is 24.8 Å². The van der Waals surface area contributed by atoms with Gasteiger partial charge in [0.25, 0.3) is 0 Å². The summed E-state index contributed by atoms with van der Waals surface area (Å²) in [6, 6.07) is 8.97.